The number of carbonyl (C=O) groups is 2. The van der Waals surface area contributed by atoms with E-state index in [0.29, 0.717) is 0 Å². The Bertz CT molecular complexity index is 487. The lowest BCUT2D eigenvalue weighted by molar-refractivity contribution is -0.156. The van der Waals surface area contributed by atoms with Crippen LogP contribution in [-0.2, 0) is 20.9 Å². The van der Waals surface area contributed by atoms with Gasteiger partial charge in [0.15, 0.2) is 0 Å². The monoisotopic (exact) mass is 291 g/mol. The zero-order valence-electron chi connectivity index (χ0n) is 13.5. The van der Waals surface area contributed by atoms with Crippen LogP contribution in [0.3, 0.4) is 0 Å². The minimum Gasteiger partial charge on any atom is -0.454 e. The number of benzene rings is 1. The molecule has 0 heterocycles. The summed E-state index contributed by atoms with van der Waals surface area (Å²) in [5.41, 5.74) is 0.457. The van der Waals surface area contributed by atoms with Gasteiger partial charge in [0, 0.05) is 5.54 Å². The van der Waals surface area contributed by atoms with Crippen LogP contribution in [0.4, 0.5) is 0 Å². The van der Waals surface area contributed by atoms with E-state index in [9.17, 15) is 9.59 Å². The molecule has 0 bridgehead atoms. The summed E-state index contributed by atoms with van der Waals surface area (Å²) >= 11 is 0. The Morgan fingerprint density at radius 3 is 2.14 bits per heavy atom. The first-order valence-corrected chi connectivity index (χ1v) is 7.12. The van der Waals surface area contributed by atoms with Crippen molar-refractivity contribution in [3.05, 3.63) is 35.9 Å². The lowest BCUT2D eigenvalue weighted by Gasteiger charge is -2.32. The molecule has 21 heavy (non-hydrogen) atoms. The Morgan fingerprint density at radius 2 is 1.62 bits per heavy atom. The molecule has 1 aromatic carbocycles. The number of amides is 1. The maximum absolute atomic E-state index is 11.9. The highest BCUT2D eigenvalue weighted by atomic mass is 16.5. The predicted octanol–water partition coefficient (Wildman–Crippen LogP) is 3.06. The second-order valence-electron chi connectivity index (χ2n) is 7.14. The maximum Gasteiger partial charge on any atom is 0.397 e. The smallest absolute Gasteiger partial charge is 0.397 e. The average molecular weight is 291 g/mol. The van der Waals surface area contributed by atoms with Gasteiger partial charge in [0.05, 0.1) is 0 Å². The molecule has 0 aliphatic heterocycles. The Morgan fingerprint density at radius 1 is 1.05 bits per heavy atom. The molecule has 0 spiro atoms. The molecular weight excluding hydrogens is 266 g/mol. The number of esters is 1. The van der Waals surface area contributed by atoms with Gasteiger partial charge >= 0.3 is 11.9 Å². The van der Waals surface area contributed by atoms with Crippen LogP contribution in [0.2, 0.25) is 0 Å². The van der Waals surface area contributed by atoms with Crippen LogP contribution in [0.15, 0.2) is 30.3 Å². The summed E-state index contributed by atoms with van der Waals surface area (Å²) in [5.74, 6) is -1.54. The first-order valence-electron chi connectivity index (χ1n) is 7.12. The van der Waals surface area contributed by atoms with Crippen molar-refractivity contribution in [1.82, 2.24) is 5.32 Å². The molecule has 0 aromatic heterocycles. The SMILES string of the molecule is CC(C)(C)CC(C)(C)NC(=O)C(=O)OCc1ccccc1. The number of rotatable bonds is 4. The van der Waals surface area contributed by atoms with Crippen molar-refractivity contribution in [2.24, 2.45) is 5.41 Å². The molecule has 116 valence electrons. The quantitative estimate of drug-likeness (QED) is 0.685. The Kier molecular flexibility index (Phi) is 5.53. The standard InChI is InChI=1S/C17H25NO3/c1-16(2,3)12-17(4,5)18-14(19)15(20)21-11-13-9-7-6-8-10-13/h6-10H,11-12H2,1-5H3,(H,18,19). The summed E-state index contributed by atoms with van der Waals surface area (Å²) in [6.45, 7) is 10.2. The summed E-state index contributed by atoms with van der Waals surface area (Å²) in [6, 6.07) is 9.28. The average Bonchev–Trinajstić information content (AvgIpc) is 2.33. The van der Waals surface area contributed by atoms with Gasteiger partial charge in [-0.25, -0.2) is 4.79 Å². The molecular formula is C17H25NO3. The molecule has 0 radical (unpaired) electrons. The predicted molar refractivity (Wildman–Crippen MR) is 82.5 cm³/mol. The lowest BCUT2D eigenvalue weighted by Crippen LogP contribution is -2.48. The van der Waals surface area contributed by atoms with Crippen molar-refractivity contribution in [2.75, 3.05) is 0 Å². The Hall–Kier alpha value is -1.84. The van der Waals surface area contributed by atoms with Crippen molar-refractivity contribution in [2.45, 2.75) is 53.2 Å². The third kappa shape index (κ3) is 6.93. The normalized spacial score (nSPS) is 11.9. The second-order valence-corrected chi connectivity index (χ2v) is 7.14. The third-order valence-corrected chi connectivity index (χ3v) is 2.82. The molecule has 4 nitrogen and oxygen atoms in total. The third-order valence-electron chi connectivity index (χ3n) is 2.82. The van der Waals surface area contributed by atoms with Crippen LogP contribution in [-0.4, -0.2) is 17.4 Å². The van der Waals surface area contributed by atoms with Gasteiger partial charge in [0.1, 0.15) is 6.61 Å². The van der Waals surface area contributed by atoms with E-state index in [4.69, 9.17) is 4.74 Å². The molecule has 0 saturated carbocycles. The highest BCUT2D eigenvalue weighted by Crippen LogP contribution is 2.26. The molecule has 0 fully saturated rings. The van der Waals surface area contributed by atoms with Crippen molar-refractivity contribution >= 4 is 11.9 Å². The minimum absolute atomic E-state index is 0.0602. The zero-order valence-corrected chi connectivity index (χ0v) is 13.5. The number of hydrogen-bond donors (Lipinski definition) is 1. The van der Waals surface area contributed by atoms with Crippen LogP contribution in [0.1, 0.15) is 46.6 Å². The molecule has 1 amide bonds. The first-order chi connectivity index (χ1) is 9.59. The number of hydrogen-bond acceptors (Lipinski definition) is 3. The molecule has 0 unspecified atom stereocenters. The second kappa shape index (κ2) is 6.74. The van der Waals surface area contributed by atoms with E-state index in [1.807, 2.05) is 44.2 Å². The number of carbonyl (C=O) groups excluding carboxylic acids is 2. The van der Waals surface area contributed by atoms with Gasteiger partial charge in [-0.1, -0.05) is 51.1 Å². The topological polar surface area (TPSA) is 55.4 Å². The molecule has 0 aliphatic rings. The Balaban J connectivity index is 2.49. The van der Waals surface area contributed by atoms with Crippen molar-refractivity contribution in [1.29, 1.82) is 0 Å². The van der Waals surface area contributed by atoms with Gasteiger partial charge in [0.25, 0.3) is 0 Å². The fourth-order valence-corrected chi connectivity index (χ4v) is 2.52. The van der Waals surface area contributed by atoms with Gasteiger partial charge in [-0.3, -0.25) is 4.79 Å². The fraction of sp³-hybridized carbons (Fsp3) is 0.529. The van der Waals surface area contributed by atoms with E-state index < -0.39 is 17.4 Å². The minimum atomic E-state index is -0.846. The van der Waals surface area contributed by atoms with Gasteiger partial charge in [-0.2, -0.15) is 0 Å². The van der Waals surface area contributed by atoms with Gasteiger partial charge in [-0.05, 0) is 31.2 Å². The molecule has 0 atom stereocenters. The van der Waals surface area contributed by atoms with Crippen LogP contribution in [0.5, 0.6) is 0 Å². The van der Waals surface area contributed by atoms with Gasteiger partial charge in [-0.15, -0.1) is 0 Å². The number of nitrogens with one attached hydrogen (secondary N) is 1. The van der Waals surface area contributed by atoms with E-state index in [1.54, 1.807) is 0 Å². The highest BCUT2D eigenvalue weighted by molar-refractivity contribution is 6.32. The largest absolute Gasteiger partial charge is 0.454 e. The van der Waals surface area contributed by atoms with Crippen LogP contribution in [0.25, 0.3) is 0 Å². The summed E-state index contributed by atoms with van der Waals surface area (Å²) in [7, 11) is 0. The molecule has 4 heteroatoms. The van der Waals surface area contributed by atoms with Crippen LogP contribution >= 0.6 is 0 Å². The van der Waals surface area contributed by atoms with Gasteiger partial charge < -0.3 is 10.1 Å². The maximum atomic E-state index is 11.9. The van der Waals surface area contributed by atoms with Crippen molar-refractivity contribution in [3.63, 3.8) is 0 Å². The van der Waals surface area contributed by atoms with E-state index in [-0.39, 0.29) is 12.0 Å². The lowest BCUT2D eigenvalue weighted by atomic mass is 9.82. The van der Waals surface area contributed by atoms with Crippen molar-refractivity contribution in [3.8, 4) is 0 Å². The summed E-state index contributed by atoms with van der Waals surface area (Å²) in [5, 5.41) is 2.74. The molecule has 1 N–H and O–H groups in total. The van der Waals surface area contributed by atoms with Gasteiger partial charge in [0.2, 0.25) is 0 Å². The summed E-state index contributed by atoms with van der Waals surface area (Å²) in [6.07, 6.45) is 0.762. The van der Waals surface area contributed by atoms with E-state index in [0.717, 1.165) is 12.0 Å². The van der Waals surface area contributed by atoms with Crippen LogP contribution in [0, 0.1) is 5.41 Å². The highest BCUT2D eigenvalue weighted by Gasteiger charge is 2.29. The van der Waals surface area contributed by atoms with E-state index in [1.165, 1.54) is 0 Å². The van der Waals surface area contributed by atoms with Crippen molar-refractivity contribution < 1.29 is 14.3 Å². The molecule has 0 saturated heterocycles. The Labute approximate surface area is 126 Å². The molecule has 0 aliphatic carbocycles. The first kappa shape index (κ1) is 17.2. The summed E-state index contributed by atoms with van der Waals surface area (Å²) < 4.78 is 5.01. The molecule has 1 rings (SSSR count). The fourth-order valence-electron chi connectivity index (χ4n) is 2.52. The number of ether oxygens (including phenoxy) is 1. The van der Waals surface area contributed by atoms with E-state index >= 15 is 0 Å². The van der Waals surface area contributed by atoms with Crippen LogP contribution < -0.4 is 5.32 Å². The summed E-state index contributed by atoms with van der Waals surface area (Å²) in [4.78, 5) is 23.6. The van der Waals surface area contributed by atoms with E-state index in [2.05, 4.69) is 26.1 Å². The molecule has 1 aromatic rings. The zero-order chi connectivity index (χ0) is 16.1.